The number of oxazole rings is 1. The zero-order chi connectivity index (χ0) is 12.4. The average molecular weight is 249 g/mol. The Hall–Kier alpha value is -1.62. The van der Waals surface area contributed by atoms with E-state index >= 15 is 0 Å². The highest BCUT2D eigenvalue weighted by Crippen LogP contribution is 2.22. The lowest BCUT2D eigenvalue weighted by Crippen LogP contribution is -2.07. The highest BCUT2D eigenvalue weighted by atomic mass is 32.1. The summed E-state index contributed by atoms with van der Waals surface area (Å²) in [6, 6.07) is 0. The van der Waals surface area contributed by atoms with Gasteiger partial charge in [-0.25, -0.2) is 9.97 Å². The Kier molecular flexibility index (Phi) is 3.28. The monoisotopic (exact) mass is 249 g/mol. The third-order valence-corrected chi connectivity index (χ3v) is 3.46. The molecule has 0 aliphatic carbocycles. The highest BCUT2D eigenvalue weighted by molar-refractivity contribution is 7.16. The fourth-order valence-corrected chi connectivity index (χ4v) is 2.02. The zero-order valence-corrected chi connectivity index (χ0v) is 11.2. The third kappa shape index (κ3) is 2.74. The molecule has 0 bridgehead atoms. The second-order valence-corrected chi connectivity index (χ2v) is 5.01. The largest absolute Gasteiger partial charge is 0.442 e. The number of rotatable bonds is 3. The Bertz CT molecular complexity index is 520. The first-order valence-electron chi connectivity index (χ1n) is 5.31. The standard InChI is InChI=1S/C12H15N3OS/c1-8-9(2)16-11(14-8)6-5-10-7-13-12(17-10)15(3)4/h5-7H,1-4H3. The van der Waals surface area contributed by atoms with Gasteiger partial charge in [-0.3, -0.25) is 0 Å². The van der Waals surface area contributed by atoms with E-state index in [1.807, 2.05) is 51.2 Å². The van der Waals surface area contributed by atoms with Gasteiger partial charge in [-0.15, -0.1) is 0 Å². The quantitative estimate of drug-likeness (QED) is 0.838. The van der Waals surface area contributed by atoms with Gasteiger partial charge < -0.3 is 9.32 Å². The first-order valence-corrected chi connectivity index (χ1v) is 6.13. The molecule has 2 aromatic heterocycles. The summed E-state index contributed by atoms with van der Waals surface area (Å²) in [5.41, 5.74) is 0.933. The summed E-state index contributed by atoms with van der Waals surface area (Å²) in [6.07, 6.45) is 5.68. The molecule has 2 rings (SSSR count). The normalized spacial score (nSPS) is 11.3. The van der Waals surface area contributed by atoms with E-state index in [1.54, 1.807) is 11.3 Å². The molecule has 17 heavy (non-hydrogen) atoms. The molecule has 0 fully saturated rings. The van der Waals surface area contributed by atoms with Gasteiger partial charge in [0, 0.05) is 31.2 Å². The van der Waals surface area contributed by atoms with E-state index in [4.69, 9.17) is 4.42 Å². The zero-order valence-electron chi connectivity index (χ0n) is 10.4. The molecule has 2 heterocycles. The molecule has 0 aliphatic heterocycles. The van der Waals surface area contributed by atoms with Crippen molar-refractivity contribution < 1.29 is 4.42 Å². The van der Waals surface area contributed by atoms with Crippen molar-refractivity contribution in [3.8, 4) is 0 Å². The van der Waals surface area contributed by atoms with Crippen LogP contribution < -0.4 is 4.90 Å². The van der Waals surface area contributed by atoms with Crippen LogP contribution in [0, 0.1) is 13.8 Å². The minimum absolute atomic E-state index is 0.639. The van der Waals surface area contributed by atoms with E-state index in [2.05, 4.69) is 9.97 Å². The van der Waals surface area contributed by atoms with Crippen LogP contribution in [0.5, 0.6) is 0 Å². The molecule has 0 saturated carbocycles. The van der Waals surface area contributed by atoms with Gasteiger partial charge in [-0.05, 0) is 19.9 Å². The van der Waals surface area contributed by atoms with E-state index in [-0.39, 0.29) is 0 Å². The van der Waals surface area contributed by atoms with Crippen molar-refractivity contribution >= 4 is 28.6 Å². The molecule has 2 aromatic rings. The second-order valence-electron chi connectivity index (χ2n) is 3.97. The Morgan fingerprint density at radius 3 is 2.59 bits per heavy atom. The van der Waals surface area contributed by atoms with E-state index in [0.717, 1.165) is 21.5 Å². The molecule has 90 valence electrons. The van der Waals surface area contributed by atoms with Gasteiger partial charge in [0.15, 0.2) is 5.13 Å². The lowest BCUT2D eigenvalue weighted by molar-refractivity contribution is 0.516. The van der Waals surface area contributed by atoms with Crippen molar-refractivity contribution in [1.82, 2.24) is 9.97 Å². The van der Waals surface area contributed by atoms with Gasteiger partial charge in [-0.2, -0.15) is 0 Å². The Labute approximate surface area is 105 Å². The molecule has 0 radical (unpaired) electrons. The third-order valence-electron chi connectivity index (χ3n) is 2.33. The summed E-state index contributed by atoms with van der Waals surface area (Å²) in [5.74, 6) is 1.50. The summed E-state index contributed by atoms with van der Waals surface area (Å²) in [5, 5.41) is 0.990. The minimum atomic E-state index is 0.639. The lowest BCUT2D eigenvalue weighted by Gasteiger charge is -2.04. The molecule has 0 spiro atoms. The summed E-state index contributed by atoms with van der Waals surface area (Å²) in [4.78, 5) is 11.7. The molecular formula is C12H15N3OS. The topological polar surface area (TPSA) is 42.2 Å². The number of nitrogens with zero attached hydrogens (tertiary/aromatic N) is 3. The Morgan fingerprint density at radius 1 is 1.29 bits per heavy atom. The molecule has 5 heteroatoms. The minimum Gasteiger partial charge on any atom is -0.442 e. The number of thiazole rings is 1. The van der Waals surface area contributed by atoms with Gasteiger partial charge in [0.05, 0.1) is 5.69 Å². The fourth-order valence-electron chi connectivity index (χ4n) is 1.28. The number of anilines is 1. The van der Waals surface area contributed by atoms with Crippen LogP contribution in [0.2, 0.25) is 0 Å². The van der Waals surface area contributed by atoms with E-state index < -0.39 is 0 Å². The number of hydrogen-bond acceptors (Lipinski definition) is 5. The van der Waals surface area contributed by atoms with Crippen molar-refractivity contribution in [2.24, 2.45) is 0 Å². The van der Waals surface area contributed by atoms with Gasteiger partial charge in [0.1, 0.15) is 5.76 Å². The summed E-state index contributed by atoms with van der Waals surface area (Å²) in [7, 11) is 3.96. The van der Waals surface area contributed by atoms with Crippen LogP contribution in [0.3, 0.4) is 0 Å². The van der Waals surface area contributed by atoms with Crippen molar-refractivity contribution in [3.63, 3.8) is 0 Å². The van der Waals surface area contributed by atoms with Crippen molar-refractivity contribution in [2.45, 2.75) is 13.8 Å². The van der Waals surface area contributed by atoms with Crippen LogP contribution in [0.1, 0.15) is 22.2 Å². The van der Waals surface area contributed by atoms with Crippen LogP contribution in [0.4, 0.5) is 5.13 Å². The molecule has 0 aromatic carbocycles. The van der Waals surface area contributed by atoms with E-state index in [9.17, 15) is 0 Å². The lowest BCUT2D eigenvalue weighted by atomic mass is 10.4. The molecule has 0 amide bonds. The van der Waals surface area contributed by atoms with Gasteiger partial charge in [0.2, 0.25) is 5.89 Å². The molecule has 0 aliphatic rings. The number of aryl methyl sites for hydroxylation is 2. The summed E-state index contributed by atoms with van der Waals surface area (Å²) < 4.78 is 5.47. The summed E-state index contributed by atoms with van der Waals surface area (Å²) in [6.45, 7) is 3.85. The maximum Gasteiger partial charge on any atom is 0.219 e. The molecule has 0 saturated heterocycles. The Morgan fingerprint density at radius 2 is 2.06 bits per heavy atom. The summed E-state index contributed by atoms with van der Waals surface area (Å²) >= 11 is 1.63. The molecule has 4 nitrogen and oxygen atoms in total. The van der Waals surface area contributed by atoms with Gasteiger partial charge in [-0.1, -0.05) is 11.3 Å². The van der Waals surface area contributed by atoms with Crippen LogP contribution in [-0.2, 0) is 0 Å². The predicted octanol–water partition coefficient (Wildman–Crippen LogP) is 2.98. The maximum atomic E-state index is 5.47. The smallest absolute Gasteiger partial charge is 0.219 e. The van der Waals surface area contributed by atoms with Gasteiger partial charge in [0.25, 0.3) is 0 Å². The van der Waals surface area contributed by atoms with E-state index in [1.165, 1.54) is 0 Å². The molecule has 0 atom stereocenters. The predicted molar refractivity (Wildman–Crippen MR) is 71.3 cm³/mol. The van der Waals surface area contributed by atoms with Crippen molar-refractivity contribution in [3.05, 3.63) is 28.4 Å². The first kappa shape index (κ1) is 11.9. The Balaban J connectivity index is 2.14. The van der Waals surface area contributed by atoms with Crippen molar-refractivity contribution in [1.29, 1.82) is 0 Å². The van der Waals surface area contributed by atoms with Crippen LogP contribution in [-0.4, -0.2) is 24.1 Å². The number of aromatic nitrogens is 2. The van der Waals surface area contributed by atoms with Crippen LogP contribution in [0.15, 0.2) is 10.6 Å². The molecule has 0 N–H and O–H groups in total. The first-order chi connectivity index (χ1) is 8.06. The highest BCUT2D eigenvalue weighted by Gasteiger charge is 2.03. The average Bonchev–Trinajstić information content (AvgIpc) is 2.84. The van der Waals surface area contributed by atoms with Gasteiger partial charge >= 0.3 is 0 Å². The molecule has 0 unspecified atom stereocenters. The molecular weight excluding hydrogens is 234 g/mol. The van der Waals surface area contributed by atoms with E-state index in [0.29, 0.717) is 5.89 Å². The van der Waals surface area contributed by atoms with Crippen LogP contribution in [0.25, 0.3) is 12.2 Å². The second kappa shape index (κ2) is 4.71. The van der Waals surface area contributed by atoms with Crippen LogP contribution >= 0.6 is 11.3 Å². The number of hydrogen-bond donors (Lipinski definition) is 0. The SMILES string of the molecule is Cc1nc(C=Cc2cnc(N(C)C)s2)oc1C. The van der Waals surface area contributed by atoms with Crippen molar-refractivity contribution in [2.75, 3.05) is 19.0 Å². The fraction of sp³-hybridized carbons (Fsp3) is 0.333. The maximum absolute atomic E-state index is 5.47.